The molecule has 0 bridgehead atoms. The summed E-state index contributed by atoms with van der Waals surface area (Å²) in [5.74, 6) is 0.888. The van der Waals surface area contributed by atoms with Crippen LogP contribution in [0.3, 0.4) is 0 Å². The molecule has 0 saturated heterocycles. The van der Waals surface area contributed by atoms with E-state index in [0.717, 1.165) is 29.7 Å². The zero-order valence-corrected chi connectivity index (χ0v) is 13.9. The molecule has 1 fully saturated rings. The lowest BCUT2D eigenvalue weighted by atomic mass is 9.97. The van der Waals surface area contributed by atoms with Crippen LogP contribution in [0, 0.1) is 5.82 Å². The van der Waals surface area contributed by atoms with Crippen LogP contribution in [0.1, 0.15) is 18.6 Å². The Morgan fingerprint density at radius 1 is 1.12 bits per heavy atom. The van der Waals surface area contributed by atoms with Gasteiger partial charge in [0, 0.05) is 5.56 Å². The number of benzene rings is 2. The van der Waals surface area contributed by atoms with Crippen molar-refractivity contribution >= 4 is 0 Å². The number of para-hydroxylation sites is 1. The maximum absolute atomic E-state index is 14.1. The van der Waals surface area contributed by atoms with Crippen LogP contribution >= 0.6 is 0 Å². The zero-order chi connectivity index (χ0) is 17.3. The molecule has 2 aromatic carbocycles. The molecule has 1 aliphatic rings. The van der Waals surface area contributed by atoms with Gasteiger partial charge in [0.25, 0.3) is 0 Å². The van der Waals surface area contributed by atoms with E-state index in [-0.39, 0.29) is 11.2 Å². The van der Waals surface area contributed by atoms with Crippen LogP contribution < -0.4 is 9.47 Å². The van der Waals surface area contributed by atoms with Gasteiger partial charge in [0.15, 0.2) is 23.1 Å². The van der Waals surface area contributed by atoms with Crippen LogP contribution in [0.4, 0.5) is 4.39 Å². The van der Waals surface area contributed by atoms with E-state index in [1.54, 1.807) is 18.3 Å². The van der Waals surface area contributed by atoms with E-state index in [1.807, 2.05) is 30.3 Å². The second-order valence-electron chi connectivity index (χ2n) is 6.27. The number of hydrogen-bond acceptors (Lipinski definition) is 4. The molecule has 1 heterocycles. The molecule has 128 valence electrons. The summed E-state index contributed by atoms with van der Waals surface area (Å²) in [7, 11) is 1.50. The summed E-state index contributed by atoms with van der Waals surface area (Å²) in [5.41, 5.74) is 1.74. The quantitative estimate of drug-likeness (QED) is 0.658. The first-order chi connectivity index (χ1) is 12.2. The number of halogens is 1. The Balaban J connectivity index is 1.60. The van der Waals surface area contributed by atoms with Gasteiger partial charge in [0.1, 0.15) is 6.61 Å². The van der Waals surface area contributed by atoms with Crippen molar-refractivity contribution in [2.75, 3.05) is 13.7 Å². The third-order valence-electron chi connectivity index (χ3n) is 4.63. The number of aromatic nitrogens is 1. The Bertz CT molecular complexity index is 872. The molecule has 4 nitrogen and oxygen atoms in total. The van der Waals surface area contributed by atoms with Gasteiger partial charge in [-0.3, -0.25) is 0 Å². The lowest BCUT2D eigenvalue weighted by Gasteiger charge is -2.17. The van der Waals surface area contributed by atoms with Gasteiger partial charge in [-0.05, 0) is 30.5 Å². The molecule has 25 heavy (non-hydrogen) atoms. The van der Waals surface area contributed by atoms with Crippen molar-refractivity contribution in [3.63, 3.8) is 0 Å². The average Bonchev–Trinajstić information content (AvgIpc) is 3.27. The summed E-state index contributed by atoms with van der Waals surface area (Å²) < 4.78 is 30.7. The lowest BCUT2D eigenvalue weighted by Crippen LogP contribution is -2.18. The van der Waals surface area contributed by atoms with E-state index in [4.69, 9.17) is 14.0 Å². The molecule has 0 N–H and O–H groups in total. The molecule has 0 unspecified atom stereocenters. The minimum Gasteiger partial charge on any atom is -0.493 e. The minimum absolute atomic E-state index is 0.136. The summed E-state index contributed by atoms with van der Waals surface area (Å²) in [6.45, 7) is 0.319. The SMILES string of the molecule is COc1cccc(F)c1OCC1(c2oncc2-c2ccccc2)CC1. The third kappa shape index (κ3) is 2.86. The highest BCUT2D eigenvalue weighted by molar-refractivity contribution is 5.66. The summed E-state index contributed by atoms with van der Waals surface area (Å²) >= 11 is 0. The van der Waals surface area contributed by atoms with Crippen LogP contribution in [-0.4, -0.2) is 18.9 Å². The highest BCUT2D eigenvalue weighted by Gasteiger charge is 2.50. The number of ether oxygens (including phenoxy) is 2. The van der Waals surface area contributed by atoms with Gasteiger partial charge in [-0.15, -0.1) is 0 Å². The van der Waals surface area contributed by atoms with E-state index in [9.17, 15) is 4.39 Å². The summed E-state index contributed by atoms with van der Waals surface area (Å²) in [6, 6.07) is 14.6. The standard InChI is InChI=1S/C20H18FNO3/c1-23-17-9-5-8-16(21)18(17)24-13-20(10-11-20)19-15(12-22-25-19)14-6-3-2-4-7-14/h2-9,12H,10-11,13H2,1H3. The second kappa shape index (κ2) is 6.24. The van der Waals surface area contributed by atoms with Crippen LogP contribution in [0.25, 0.3) is 11.1 Å². The van der Waals surface area contributed by atoms with Crippen molar-refractivity contribution in [1.82, 2.24) is 5.16 Å². The largest absolute Gasteiger partial charge is 0.493 e. The van der Waals surface area contributed by atoms with E-state index < -0.39 is 5.82 Å². The van der Waals surface area contributed by atoms with Crippen LogP contribution in [0.2, 0.25) is 0 Å². The Hall–Kier alpha value is -2.82. The Labute approximate surface area is 145 Å². The number of nitrogens with zero attached hydrogens (tertiary/aromatic N) is 1. The summed E-state index contributed by atoms with van der Waals surface area (Å²) in [6.07, 6.45) is 3.56. The fourth-order valence-corrected chi connectivity index (χ4v) is 3.03. The maximum Gasteiger partial charge on any atom is 0.197 e. The van der Waals surface area contributed by atoms with Crippen LogP contribution in [0.15, 0.2) is 59.3 Å². The van der Waals surface area contributed by atoms with Crippen molar-refractivity contribution < 1.29 is 18.4 Å². The molecular weight excluding hydrogens is 321 g/mol. The molecule has 3 aromatic rings. The molecule has 1 aromatic heterocycles. The van der Waals surface area contributed by atoms with Gasteiger partial charge >= 0.3 is 0 Å². The van der Waals surface area contributed by atoms with E-state index in [0.29, 0.717) is 12.4 Å². The van der Waals surface area contributed by atoms with E-state index >= 15 is 0 Å². The molecule has 0 atom stereocenters. The van der Waals surface area contributed by atoms with Crippen molar-refractivity contribution in [2.45, 2.75) is 18.3 Å². The molecule has 1 aliphatic carbocycles. The molecule has 0 spiro atoms. The highest BCUT2D eigenvalue weighted by Crippen LogP contribution is 2.51. The Morgan fingerprint density at radius 2 is 1.92 bits per heavy atom. The first kappa shape index (κ1) is 15.7. The van der Waals surface area contributed by atoms with E-state index in [1.165, 1.54) is 13.2 Å². The normalized spacial score (nSPS) is 15.0. The van der Waals surface area contributed by atoms with Crippen molar-refractivity contribution in [2.24, 2.45) is 0 Å². The number of hydrogen-bond donors (Lipinski definition) is 0. The predicted octanol–water partition coefficient (Wildman–Crippen LogP) is 4.60. The monoisotopic (exact) mass is 339 g/mol. The molecule has 0 amide bonds. The van der Waals surface area contributed by atoms with Crippen molar-refractivity contribution in [3.05, 3.63) is 66.3 Å². The van der Waals surface area contributed by atoms with Crippen LogP contribution in [-0.2, 0) is 5.41 Å². The first-order valence-corrected chi connectivity index (χ1v) is 8.19. The van der Waals surface area contributed by atoms with Gasteiger partial charge in [-0.1, -0.05) is 41.6 Å². The second-order valence-corrected chi connectivity index (χ2v) is 6.27. The van der Waals surface area contributed by atoms with Gasteiger partial charge in [-0.2, -0.15) is 0 Å². The van der Waals surface area contributed by atoms with Gasteiger partial charge in [-0.25, -0.2) is 4.39 Å². The van der Waals surface area contributed by atoms with Crippen molar-refractivity contribution in [3.8, 4) is 22.6 Å². The Morgan fingerprint density at radius 3 is 2.64 bits per heavy atom. The topological polar surface area (TPSA) is 44.5 Å². The molecule has 5 heteroatoms. The molecule has 0 radical (unpaired) electrons. The smallest absolute Gasteiger partial charge is 0.197 e. The average molecular weight is 339 g/mol. The minimum atomic E-state index is -0.434. The fourth-order valence-electron chi connectivity index (χ4n) is 3.03. The highest BCUT2D eigenvalue weighted by atomic mass is 19.1. The molecular formula is C20H18FNO3. The van der Waals surface area contributed by atoms with E-state index in [2.05, 4.69) is 5.16 Å². The van der Waals surface area contributed by atoms with Gasteiger partial charge in [0.05, 0.1) is 18.7 Å². The number of rotatable bonds is 6. The lowest BCUT2D eigenvalue weighted by molar-refractivity contribution is 0.227. The summed E-state index contributed by atoms with van der Waals surface area (Å²) in [5, 5.41) is 3.98. The Kier molecular flexibility index (Phi) is 3.92. The molecule has 1 saturated carbocycles. The third-order valence-corrected chi connectivity index (χ3v) is 4.63. The van der Waals surface area contributed by atoms with Gasteiger partial charge in [0.2, 0.25) is 0 Å². The molecule has 0 aliphatic heterocycles. The zero-order valence-electron chi connectivity index (χ0n) is 13.9. The predicted molar refractivity (Wildman–Crippen MR) is 91.3 cm³/mol. The first-order valence-electron chi connectivity index (χ1n) is 8.19. The maximum atomic E-state index is 14.1. The molecule has 4 rings (SSSR count). The summed E-state index contributed by atoms with van der Waals surface area (Å²) in [4.78, 5) is 0. The van der Waals surface area contributed by atoms with Crippen molar-refractivity contribution in [1.29, 1.82) is 0 Å². The van der Waals surface area contributed by atoms with Gasteiger partial charge < -0.3 is 14.0 Å². The fraction of sp³-hybridized carbons (Fsp3) is 0.250. The van der Waals surface area contributed by atoms with Crippen LogP contribution in [0.5, 0.6) is 11.5 Å². The number of methoxy groups -OCH3 is 1.